The van der Waals surface area contributed by atoms with Crippen molar-refractivity contribution in [2.45, 2.75) is 13.3 Å². The molecule has 0 radical (unpaired) electrons. The molecule has 4 rings (SSSR count). The van der Waals surface area contributed by atoms with Crippen LogP contribution < -0.4 is 5.56 Å². The Morgan fingerprint density at radius 2 is 2.00 bits per heavy atom. The second-order valence-corrected chi connectivity index (χ2v) is 7.99. The van der Waals surface area contributed by atoms with Gasteiger partial charge in [-0.3, -0.25) is 4.79 Å². The maximum Gasteiger partial charge on any atom is 0.282 e. The molecule has 4 aromatic rings. The first-order valence-electron chi connectivity index (χ1n) is 8.77. The molecule has 0 saturated carbocycles. The molecule has 0 aliphatic rings. The van der Waals surface area contributed by atoms with Crippen molar-refractivity contribution in [3.8, 4) is 11.3 Å². The van der Waals surface area contributed by atoms with Crippen LogP contribution in [0, 0.1) is 0 Å². The fourth-order valence-corrected chi connectivity index (χ4v) is 3.78. The van der Waals surface area contributed by atoms with E-state index in [0.29, 0.717) is 44.7 Å². The number of hydrogen-bond acceptors (Lipinski definition) is 4. The molecular formula is C21H14BrCl2N3O2. The summed E-state index contributed by atoms with van der Waals surface area (Å²) in [6, 6.07) is 14.1. The number of furan rings is 1. The number of nitrogens with zero attached hydrogens (tertiary/aromatic N) is 3. The smallest absolute Gasteiger partial charge is 0.282 e. The van der Waals surface area contributed by atoms with Crippen LogP contribution in [0.2, 0.25) is 10.0 Å². The molecule has 29 heavy (non-hydrogen) atoms. The number of hydrogen-bond donors (Lipinski definition) is 0. The van der Waals surface area contributed by atoms with E-state index >= 15 is 0 Å². The molecule has 0 fully saturated rings. The molecule has 0 atom stereocenters. The molecule has 0 aliphatic heterocycles. The Bertz CT molecular complexity index is 1310. The lowest BCUT2D eigenvalue weighted by Crippen LogP contribution is -2.22. The fraction of sp³-hybridized carbons (Fsp3) is 0.0952. The maximum absolute atomic E-state index is 12.9. The number of halogens is 3. The first-order valence-corrected chi connectivity index (χ1v) is 10.3. The zero-order valence-corrected chi connectivity index (χ0v) is 18.3. The van der Waals surface area contributed by atoms with Crippen LogP contribution in [0.15, 0.2) is 67.3 Å². The third kappa shape index (κ3) is 4.01. The Morgan fingerprint density at radius 1 is 1.17 bits per heavy atom. The highest BCUT2D eigenvalue weighted by atomic mass is 79.9. The summed E-state index contributed by atoms with van der Waals surface area (Å²) in [6.07, 6.45) is 2.04. The minimum absolute atomic E-state index is 0.239. The van der Waals surface area contributed by atoms with Gasteiger partial charge in [0.2, 0.25) is 0 Å². The van der Waals surface area contributed by atoms with E-state index in [2.05, 4.69) is 26.0 Å². The second kappa shape index (κ2) is 8.14. The number of aromatic nitrogens is 2. The summed E-state index contributed by atoms with van der Waals surface area (Å²) in [5.41, 5.74) is 1.12. The quantitative estimate of drug-likeness (QED) is 0.321. The summed E-state index contributed by atoms with van der Waals surface area (Å²) >= 11 is 15.6. The van der Waals surface area contributed by atoms with Gasteiger partial charge in [0.1, 0.15) is 17.3 Å². The topological polar surface area (TPSA) is 60.4 Å². The molecule has 0 N–H and O–H groups in total. The van der Waals surface area contributed by atoms with Gasteiger partial charge in [-0.15, -0.1) is 0 Å². The van der Waals surface area contributed by atoms with Crippen molar-refractivity contribution in [2.24, 2.45) is 5.10 Å². The van der Waals surface area contributed by atoms with Crippen LogP contribution in [0.5, 0.6) is 0 Å². The van der Waals surface area contributed by atoms with Crippen LogP contribution >= 0.6 is 39.1 Å². The van der Waals surface area contributed by atoms with Gasteiger partial charge in [-0.1, -0.05) is 46.1 Å². The highest BCUT2D eigenvalue weighted by Crippen LogP contribution is 2.31. The SMILES string of the molecule is CCc1nc2ccc(Br)cc2c(=O)n1N=Cc1ccc(-c2ccc(Cl)cc2Cl)o1. The minimum Gasteiger partial charge on any atom is -0.455 e. The summed E-state index contributed by atoms with van der Waals surface area (Å²) in [4.78, 5) is 17.5. The van der Waals surface area contributed by atoms with Gasteiger partial charge in [0.15, 0.2) is 0 Å². The predicted octanol–water partition coefficient (Wildman–Crippen LogP) is 6.17. The van der Waals surface area contributed by atoms with Gasteiger partial charge in [0, 0.05) is 21.5 Å². The van der Waals surface area contributed by atoms with Crippen molar-refractivity contribution in [1.82, 2.24) is 9.66 Å². The summed E-state index contributed by atoms with van der Waals surface area (Å²) in [5.74, 6) is 1.62. The molecule has 0 unspecified atom stereocenters. The van der Waals surface area contributed by atoms with Gasteiger partial charge in [-0.25, -0.2) is 4.98 Å². The van der Waals surface area contributed by atoms with E-state index in [1.165, 1.54) is 10.9 Å². The van der Waals surface area contributed by atoms with Crippen LogP contribution in [-0.4, -0.2) is 15.9 Å². The highest BCUT2D eigenvalue weighted by molar-refractivity contribution is 9.10. The average molecular weight is 491 g/mol. The molecule has 2 aromatic carbocycles. The van der Waals surface area contributed by atoms with Crippen LogP contribution in [0.3, 0.4) is 0 Å². The summed E-state index contributed by atoms with van der Waals surface area (Å²) < 4.78 is 7.91. The molecule has 146 valence electrons. The highest BCUT2D eigenvalue weighted by Gasteiger charge is 2.11. The summed E-state index contributed by atoms with van der Waals surface area (Å²) in [6.45, 7) is 1.92. The molecule has 2 aromatic heterocycles. The molecule has 8 heteroatoms. The van der Waals surface area contributed by atoms with Crippen molar-refractivity contribution in [3.05, 3.63) is 85.0 Å². The van der Waals surface area contributed by atoms with Crippen LogP contribution in [0.1, 0.15) is 18.5 Å². The molecule has 0 aliphatic carbocycles. The van der Waals surface area contributed by atoms with Crippen molar-refractivity contribution in [2.75, 3.05) is 0 Å². The molecule has 2 heterocycles. The van der Waals surface area contributed by atoms with E-state index in [0.717, 1.165) is 10.0 Å². The predicted molar refractivity (Wildman–Crippen MR) is 120 cm³/mol. The van der Waals surface area contributed by atoms with Crippen LogP contribution in [0.4, 0.5) is 0 Å². The van der Waals surface area contributed by atoms with Crippen molar-refractivity contribution < 1.29 is 4.42 Å². The lowest BCUT2D eigenvalue weighted by Gasteiger charge is -2.07. The lowest BCUT2D eigenvalue weighted by molar-refractivity contribution is 0.573. The normalized spacial score (nSPS) is 11.6. The molecule has 0 bridgehead atoms. The van der Waals surface area contributed by atoms with E-state index < -0.39 is 0 Å². The van der Waals surface area contributed by atoms with Crippen LogP contribution in [0.25, 0.3) is 22.2 Å². The standard InChI is InChI=1S/C21H14BrCl2N3O2/c1-2-20-26-18-7-3-12(22)9-16(18)21(28)27(20)25-11-14-5-8-19(29-14)15-6-4-13(23)10-17(15)24/h3-11H,2H2,1H3. The number of aryl methyl sites for hydroxylation is 1. The Morgan fingerprint density at radius 3 is 2.76 bits per heavy atom. The Hall–Kier alpha value is -2.41. The van der Waals surface area contributed by atoms with E-state index in [1.807, 2.05) is 19.1 Å². The molecule has 0 spiro atoms. The summed E-state index contributed by atoms with van der Waals surface area (Å²) in [7, 11) is 0. The third-order valence-electron chi connectivity index (χ3n) is 4.32. The molecular weight excluding hydrogens is 477 g/mol. The molecule has 5 nitrogen and oxygen atoms in total. The third-order valence-corrected chi connectivity index (χ3v) is 5.36. The maximum atomic E-state index is 12.9. The molecule has 0 saturated heterocycles. The van der Waals surface area contributed by atoms with Crippen molar-refractivity contribution in [3.63, 3.8) is 0 Å². The second-order valence-electron chi connectivity index (χ2n) is 6.23. The van der Waals surface area contributed by atoms with Gasteiger partial charge < -0.3 is 4.42 Å². The van der Waals surface area contributed by atoms with E-state index in [4.69, 9.17) is 27.6 Å². The van der Waals surface area contributed by atoms with Gasteiger partial charge >= 0.3 is 0 Å². The molecule has 0 amide bonds. The summed E-state index contributed by atoms with van der Waals surface area (Å²) in [5, 5.41) is 5.85. The van der Waals surface area contributed by atoms with Gasteiger partial charge in [0.25, 0.3) is 5.56 Å². The van der Waals surface area contributed by atoms with Crippen molar-refractivity contribution >= 4 is 56.2 Å². The van der Waals surface area contributed by atoms with E-state index in [-0.39, 0.29) is 5.56 Å². The number of benzene rings is 2. The minimum atomic E-state index is -0.239. The average Bonchev–Trinajstić information content (AvgIpc) is 3.16. The monoisotopic (exact) mass is 489 g/mol. The first-order chi connectivity index (χ1) is 14.0. The Kier molecular flexibility index (Phi) is 5.58. The zero-order chi connectivity index (χ0) is 20.5. The van der Waals surface area contributed by atoms with Crippen molar-refractivity contribution in [1.29, 1.82) is 0 Å². The fourth-order valence-electron chi connectivity index (χ4n) is 2.91. The Balaban J connectivity index is 1.73. The first kappa shape index (κ1) is 19.9. The number of rotatable bonds is 4. The van der Waals surface area contributed by atoms with Gasteiger partial charge in [-0.2, -0.15) is 9.78 Å². The zero-order valence-electron chi connectivity index (χ0n) is 15.2. The van der Waals surface area contributed by atoms with E-state index in [1.54, 1.807) is 36.4 Å². The van der Waals surface area contributed by atoms with Gasteiger partial charge in [0.05, 0.1) is 22.1 Å². The largest absolute Gasteiger partial charge is 0.455 e. The Labute approximate surface area is 184 Å². The lowest BCUT2D eigenvalue weighted by atomic mass is 10.2. The van der Waals surface area contributed by atoms with Crippen LogP contribution in [-0.2, 0) is 6.42 Å². The number of fused-ring (bicyclic) bond motifs is 1. The van der Waals surface area contributed by atoms with Gasteiger partial charge in [-0.05, 0) is 48.5 Å². The van der Waals surface area contributed by atoms with E-state index in [9.17, 15) is 4.79 Å².